The van der Waals surface area contributed by atoms with Crippen LogP contribution in [0.1, 0.15) is 31.7 Å². The molecule has 1 aromatic carbocycles. The maximum absolute atomic E-state index is 5.54. The molecule has 2 unspecified atom stereocenters. The second-order valence-electron chi connectivity index (χ2n) is 5.52. The fourth-order valence-electron chi connectivity index (χ4n) is 2.77. The molecule has 0 bridgehead atoms. The number of aliphatic imine (C=N–C) groups is 1. The molecule has 0 heterocycles. The van der Waals surface area contributed by atoms with Crippen LogP contribution in [0, 0.1) is 0 Å². The van der Waals surface area contributed by atoms with Crippen LogP contribution in [0.5, 0.6) is 5.75 Å². The van der Waals surface area contributed by atoms with Crippen LogP contribution in [0.15, 0.2) is 29.3 Å². The summed E-state index contributed by atoms with van der Waals surface area (Å²) < 4.78 is 5.54. The van der Waals surface area contributed by atoms with E-state index in [0.29, 0.717) is 12.6 Å². The van der Waals surface area contributed by atoms with Gasteiger partial charge in [-0.15, -0.1) is 0 Å². The minimum atomic E-state index is 0.540. The Labute approximate surface area is 138 Å². The lowest BCUT2D eigenvalue weighted by molar-refractivity contribution is 0.340. The number of hydrogen-bond donors (Lipinski definition) is 2. The number of benzene rings is 1. The molecule has 2 atom stereocenters. The van der Waals surface area contributed by atoms with Gasteiger partial charge in [-0.1, -0.05) is 12.1 Å². The van der Waals surface area contributed by atoms with Crippen molar-refractivity contribution < 1.29 is 4.74 Å². The van der Waals surface area contributed by atoms with Crippen molar-refractivity contribution >= 4 is 17.7 Å². The zero-order valence-corrected chi connectivity index (χ0v) is 14.6. The fraction of sp³-hybridized carbons (Fsp3) is 0.588. The van der Waals surface area contributed by atoms with Gasteiger partial charge in [-0.2, -0.15) is 11.8 Å². The number of rotatable bonds is 6. The van der Waals surface area contributed by atoms with E-state index in [-0.39, 0.29) is 0 Å². The lowest BCUT2D eigenvalue weighted by Crippen LogP contribution is -2.42. The minimum Gasteiger partial charge on any atom is -0.494 e. The van der Waals surface area contributed by atoms with E-state index in [1.165, 1.54) is 24.8 Å². The largest absolute Gasteiger partial charge is 0.494 e. The summed E-state index contributed by atoms with van der Waals surface area (Å²) in [5.74, 6) is 1.80. The number of hydrogen-bond acceptors (Lipinski definition) is 3. The highest BCUT2D eigenvalue weighted by Crippen LogP contribution is 2.28. The summed E-state index contributed by atoms with van der Waals surface area (Å²) in [6, 6.07) is 8.73. The van der Waals surface area contributed by atoms with Crippen LogP contribution in [-0.2, 0) is 6.54 Å². The monoisotopic (exact) mass is 321 g/mol. The summed E-state index contributed by atoms with van der Waals surface area (Å²) >= 11 is 1.97. The Bertz CT molecular complexity index is 493. The van der Waals surface area contributed by atoms with Crippen molar-refractivity contribution in [3.8, 4) is 5.75 Å². The van der Waals surface area contributed by atoms with Crippen LogP contribution in [0.2, 0.25) is 0 Å². The molecule has 5 heteroatoms. The number of thioether (sulfide) groups is 1. The molecule has 1 saturated carbocycles. The molecule has 22 heavy (non-hydrogen) atoms. The first kappa shape index (κ1) is 17.0. The van der Waals surface area contributed by atoms with E-state index in [1.807, 2.05) is 37.9 Å². The number of nitrogens with one attached hydrogen (secondary N) is 2. The normalized spacial score (nSPS) is 21.7. The van der Waals surface area contributed by atoms with Crippen LogP contribution in [-0.4, -0.2) is 37.2 Å². The van der Waals surface area contributed by atoms with Crippen LogP contribution in [0.25, 0.3) is 0 Å². The molecule has 4 nitrogen and oxygen atoms in total. The standard InChI is InChI=1S/C17H27N3OS/c1-4-21-15-7-5-6-13(10-15)12-19-17(18-2)20-14-8-9-16(11-14)22-3/h5-7,10,14,16H,4,8-9,11-12H2,1-3H3,(H2,18,19,20). The Balaban J connectivity index is 1.82. The highest BCUT2D eigenvalue weighted by molar-refractivity contribution is 7.99. The highest BCUT2D eigenvalue weighted by atomic mass is 32.2. The molecule has 0 aromatic heterocycles. The van der Waals surface area contributed by atoms with Gasteiger partial charge in [0.1, 0.15) is 5.75 Å². The second kappa shape index (κ2) is 8.93. The van der Waals surface area contributed by atoms with Gasteiger partial charge >= 0.3 is 0 Å². The molecule has 0 aliphatic heterocycles. The molecule has 2 rings (SSSR count). The van der Waals surface area contributed by atoms with Crippen LogP contribution >= 0.6 is 11.8 Å². The molecular weight excluding hydrogens is 294 g/mol. The van der Waals surface area contributed by atoms with Crippen molar-refractivity contribution in [1.82, 2.24) is 10.6 Å². The van der Waals surface area contributed by atoms with Crippen molar-refractivity contribution in [2.24, 2.45) is 4.99 Å². The molecule has 0 amide bonds. The van der Waals surface area contributed by atoms with E-state index in [0.717, 1.165) is 23.5 Å². The summed E-state index contributed by atoms with van der Waals surface area (Å²) in [6.07, 6.45) is 5.95. The van der Waals surface area contributed by atoms with Crippen molar-refractivity contribution in [3.05, 3.63) is 29.8 Å². The van der Waals surface area contributed by atoms with Gasteiger partial charge in [-0.25, -0.2) is 0 Å². The van der Waals surface area contributed by atoms with Gasteiger partial charge in [0.2, 0.25) is 0 Å². The SMILES string of the molecule is CCOc1cccc(CNC(=NC)NC2CCC(SC)C2)c1. The first-order chi connectivity index (χ1) is 10.7. The third-order valence-corrected chi connectivity index (χ3v) is 5.05. The second-order valence-corrected chi connectivity index (χ2v) is 6.66. The summed E-state index contributed by atoms with van der Waals surface area (Å²) in [6.45, 7) is 3.44. The lowest BCUT2D eigenvalue weighted by Gasteiger charge is -2.17. The molecule has 1 aromatic rings. The summed E-state index contributed by atoms with van der Waals surface area (Å²) in [4.78, 5) is 4.33. The van der Waals surface area contributed by atoms with Crippen molar-refractivity contribution in [1.29, 1.82) is 0 Å². The summed E-state index contributed by atoms with van der Waals surface area (Å²) in [5.41, 5.74) is 1.20. The smallest absolute Gasteiger partial charge is 0.191 e. The van der Waals surface area contributed by atoms with Crippen LogP contribution in [0.4, 0.5) is 0 Å². The molecule has 0 spiro atoms. The number of guanidine groups is 1. The van der Waals surface area contributed by atoms with Gasteiger partial charge in [-0.05, 0) is 50.1 Å². The zero-order valence-electron chi connectivity index (χ0n) is 13.8. The van der Waals surface area contributed by atoms with E-state index >= 15 is 0 Å². The molecule has 0 radical (unpaired) electrons. The van der Waals surface area contributed by atoms with Crippen molar-refractivity contribution in [2.75, 3.05) is 19.9 Å². The number of ether oxygens (including phenoxy) is 1. The Morgan fingerprint density at radius 1 is 1.41 bits per heavy atom. The Hall–Kier alpha value is -1.36. The Morgan fingerprint density at radius 3 is 2.95 bits per heavy atom. The molecule has 1 aliphatic rings. The number of nitrogens with zero attached hydrogens (tertiary/aromatic N) is 1. The van der Waals surface area contributed by atoms with Crippen molar-refractivity contribution in [3.63, 3.8) is 0 Å². The Kier molecular flexibility index (Phi) is 6.90. The average Bonchev–Trinajstić information content (AvgIpc) is 3.00. The molecule has 1 fully saturated rings. The minimum absolute atomic E-state index is 0.540. The van der Waals surface area contributed by atoms with E-state index in [9.17, 15) is 0 Å². The van der Waals surface area contributed by atoms with Crippen LogP contribution < -0.4 is 15.4 Å². The van der Waals surface area contributed by atoms with E-state index < -0.39 is 0 Å². The molecule has 2 N–H and O–H groups in total. The van der Waals surface area contributed by atoms with Gasteiger partial charge in [0.15, 0.2) is 5.96 Å². The topological polar surface area (TPSA) is 45.6 Å². The fourth-order valence-corrected chi connectivity index (χ4v) is 3.57. The quantitative estimate of drug-likeness (QED) is 0.624. The van der Waals surface area contributed by atoms with Crippen LogP contribution in [0.3, 0.4) is 0 Å². The van der Waals surface area contributed by atoms with Crippen molar-refractivity contribution in [2.45, 2.75) is 44.0 Å². The summed E-state index contributed by atoms with van der Waals surface area (Å²) in [5, 5.41) is 7.72. The molecule has 122 valence electrons. The molecular formula is C17H27N3OS. The maximum atomic E-state index is 5.54. The van der Waals surface area contributed by atoms with E-state index in [4.69, 9.17) is 4.74 Å². The predicted molar refractivity (Wildman–Crippen MR) is 95.9 cm³/mol. The maximum Gasteiger partial charge on any atom is 0.191 e. The zero-order chi connectivity index (χ0) is 15.8. The van der Waals surface area contributed by atoms with E-state index in [2.05, 4.69) is 34.0 Å². The average molecular weight is 321 g/mol. The predicted octanol–water partition coefficient (Wildman–Crippen LogP) is 3.03. The first-order valence-corrected chi connectivity index (χ1v) is 9.25. The first-order valence-electron chi connectivity index (χ1n) is 7.96. The van der Waals surface area contributed by atoms with Gasteiger partial charge in [0.25, 0.3) is 0 Å². The lowest BCUT2D eigenvalue weighted by atomic mass is 10.2. The third-order valence-electron chi connectivity index (χ3n) is 3.95. The van der Waals surface area contributed by atoms with Gasteiger partial charge in [0, 0.05) is 24.9 Å². The third kappa shape index (κ3) is 5.13. The Morgan fingerprint density at radius 2 is 2.27 bits per heavy atom. The van der Waals surface area contributed by atoms with Gasteiger partial charge in [-0.3, -0.25) is 4.99 Å². The van der Waals surface area contributed by atoms with Gasteiger partial charge in [0.05, 0.1) is 6.61 Å². The molecule has 0 saturated heterocycles. The highest BCUT2D eigenvalue weighted by Gasteiger charge is 2.24. The molecule has 1 aliphatic carbocycles. The summed E-state index contributed by atoms with van der Waals surface area (Å²) in [7, 11) is 1.83. The van der Waals surface area contributed by atoms with Gasteiger partial charge < -0.3 is 15.4 Å². The van der Waals surface area contributed by atoms with E-state index in [1.54, 1.807) is 0 Å².